The van der Waals surface area contributed by atoms with E-state index in [2.05, 4.69) is 9.78 Å². The van der Waals surface area contributed by atoms with Crippen molar-refractivity contribution >= 4 is 0 Å². The molecule has 0 saturated carbocycles. The highest BCUT2D eigenvalue weighted by Gasteiger charge is 2.31. The molecule has 0 aromatic carbocycles. The van der Waals surface area contributed by atoms with Crippen LogP contribution in [0.15, 0.2) is 0 Å². The van der Waals surface area contributed by atoms with Crippen LogP contribution in [0.2, 0.25) is 0 Å². The third-order valence-electron chi connectivity index (χ3n) is 1.29. The average Bonchev–Trinajstić information content (AvgIpc) is 1.88. The molecule has 0 spiro atoms. The van der Waals surface area contributed by atoms with Crippen molar-refractivity contribution < 1.29 is 19.6 Å². The van der Waals surface area contributed by atoms with Crippen molar-refractivity contribution in [1.82, 2.24) is 4.90 Å². The molecule has 0 atom stereocenters. The largest absolute Gasteiger partial charge is 0.286 e. The Hall–Kier alpha value is -0.200. The first-order valence-electron chi connectivity index (χ1n) is 3.18. The molecule has 0 heterocycles. The Morgan fingerprint density at radius 1 is 1.00 bits per heavy atom. The molecular weight excluding hydrogens is 150 g/mol. The highest BCUT2D eigenvalue weighted by Crippen LogP contribution is 2.14. The van der Waals surface area contributed by atoms with E-state index in [1.165, 1.54) is 14.2 Å². The lowest BCUT2D eigenvalue weighted by Crippen LogP contribution is -2.46. The summed E-state index contributed by atoms with van der Waals surface area (Å²) in [7, 11) is 6.36. The van der Waals surface area contributed by atoms with E-state index in [1.54, 1.807) is 25.9 Å². The van der Waals surface area contributed by atoms with Crippen LogP contribution in [0.1, 0.15) is 6.92 Å². The van der Waals surface area contributed by atoms with E-state index in [4.69, 9.17) is 9.78 Å². The second-order valence-corrected chi connectivity index (χ2v) is 2.29. The average molecular weight is 165 g/mol. The molecule has 0 N–H and O–H groups in total. The van der Waals surface area contributed by atoms with Crippen LogP contribution < -0.4 is 0 Å². The van der Waals surface area contributed by atoms with E-state index >= 15 is 0 Å². The van der Waals surface area contributed by atoms with Gasteiger partial charge in [0.25, 0.3) is 5.91 Å². The Morgan fingerprint density at radius 3 is 1.55 bits per heavy atom. The summed E-state index contributed by atoms with van der Waals surface area (Å²) < 4.78 is 0. The van der Waals surface area contributed by atoms with E-state index in [1.807, 2.05) is 0 Å². The van der Waals surface area contributed by atoms with Crippen LogP contribution in [0.5, 0.6) is 0 Å². The molecule has 0 aromatic heterocycles. The molecule has 0 aromatic rings. The first-order valence-corrected chi connectivity index (χ1v) is 3.18. The van der Waals surface area contributed by atoms with Crippen LogP contribution in [0, 0.1) is 0 Å². The number of hydrogen-bond donors (Lipinski definition) is 0. The second kappa shape index (κ2) is 4.63. The summed E-state index contributed by atoms with van der Waals surface area (Å²) in [5, 5.41) is 0. The minimum atomic E-state index is -1.01. The van der Waals surface area contributed by atoms with Gasteiger partial charge in [0.15, 0.2) is 0 Å². The molecule has 0 aliphatic rings. The van der Waals surface area contributed by atoms with Crippen molar-refractivity contribution in [2.24, 2.45) is 0 Å². The monoisotopic (exact) mass is 165 g/mol. The fourth-order valence-corrected chi connectivity index (χ4v) is 0.472. The number of nitrogens with zero attached hydrogens (tertiary/aromatic N) is 1. The van der Waals surface area contributed by atoms with E-state index in [9.17, 15) is 0 Å². The van der Waals surface area contributed by atoms with Crippen molar-refractivity contribution in [1.29, 1.82) is 0 Å². The van der Waals surface area contributed by atoms with Gasteiger partial charge < -0.3 is 0 Å². The zero-order chi connectivity index (χ0) is 8.91. The maximum absolute atomic E-state index is 4.81. The molecule has 0 aliphatic heterocycles. The van der Waals surface area contributed by atoms with Gasteiger partial charge in [0, 0.05) is 6.92 Å². The third kappa shape index (κ3) is 3.13. The summed E-state index contributed by atoms with van der Waals surface area (Å²) in [5.74, 6) is -1.01. The number of rotatable bonds is 5. The zero-order valence-corrected chi connectivity index (χ0v) is 7.58. The minimum Gasteiger partial charge on any atom is -0.255 e. The quantitative estimate of drug-likeness (QED) is 0.334. The van der Waals surface area contributed by atoms with Crippen molar-refractivity contribution in [3.8, 4) is 0 Å². The maximum Gasteiger partial charge on any atom is 0.286 e. The SMILES string of the molecule is COOC(C)(OOC)N(C)C. The van der Waals surface area contributed by atoms with Crippen LogP contribution in [0.25, 0.3) is 0 Å². The predicted octanol–water partition coefficient (Wildman–Crippen LogP) is 0.378. The van der Waals surface area contributed by atoms with Gasteiger partial charge in [-0.1, -0.05) is 0 Å². The lowest BCUT2D eigenvalue weighted by molar-refractivity contribution is -0.526. The van der Waals surface area contributed by atoms with Gasteiger partial charge in [0.2, 0.25) is 0 Å². The molecule has 0 fully saturated rings. The van der Waals surface area contributed by atoms with E-state index in [-0.39, 0.29) is 0 Å². The van der Waals surface area contributed by atoms with Crippen LogP contribution in [-0.4, -0.2) is 39.1 Å². The Balaban J connectivity index is 4.01. The molecule has 11 heavy (non-hydrogen) atoms. The van der Waals surface area contributed by atoms with Crippen LogP contribution in [0.4, 0.5) is 0 Å². The van der Waals surface area contributed by atoms with Gasteiger partial charge in [-0.2, -0.15) is 9.78 Å². The van der Waals surface area contributed by atoms with Gasteiger partial charge in [-0.25, -0.2) is 9.78 Å². The predicted molar refractivity (Wildman–Crippen MR) is 38.3 cm³/mol. The van der Waals surface area contributed by atoms with Gasteiger partial charge in [0.1, 0.15) is 0 Å². The fourth-order valence-electron chi connectivity index (χ4n) is 0.472. The van der Waals surface area contributed by atoms with E-state index in [0.29, 0.717) is 0 Å². The first kappa shape index (κ1) is 10.8. The Bertz CT molecular complexity index is 101. The van der Waals surface area contributed by atoms with Crippen LogP contribution >= 0.6 is 0 Å². The van der Waals surface area contributed by atoms with E-state index in [0.717, 1.165) is 0 Å². The van der Waals surface area contributed by atoms with Crippen molar-refractivity contribution in [2.75, 3.05) is 28.3 Å². The summed E-state index contributed by atoms with van der Waals surface area (Å²) in [4.78, 5) is 20.2. The van der Waals surface area contributed by atoms with E-state index < -0.39 is 5.91 Å². The molecule has 0 unspecified atom stereocenters. The smallest absolute Gasteiger partial charge is 0.255 e. The minimum absolute atomic E-state index is 1.01. The van der Waals surface area contributed by atoms with Crippen LogP contribution in [0.3, 0.4) is 0 Å². The molecule has 0 rings (SSSR count). The summed E-state index contributed by atoms with van der Waals surface area (Å²) in [6.45, 7) is 1.67. The summed E-state index contributed by atoms with van der Waals surface area (Å²) in [6.07, 6.45) is 0. The van der Waals surface area contributed by atoms with Gasteiger partial charge >= 0.3 is 0 Å². The summed E-state index contributed by atoms with van der Waals surface area (Å²) in [6, 6.07) is 0. The second-order valence-electron chi connectivity index (χ2n) is 2.29. The lowest BCUT2D eigenvalue weighted by Gasteiger charge is -2.31. The molecule has 5 heteroatoms. The van der Waals surface area contributed by atoms with Gasteiger partial charge in [-0.3, -0.25) is 4.90 Å². The Kier molecular flexibility index (Phi) is 4.55. The summed E-state index contributed by atoms with van der Waals surface area (Å²) in [5.41, 5.74) is 0. The van der Waals surface area contributed by atoms with Crippen molar-refractivity contribution in [2.45, 2.75) is 12.8 Å². The topological polar surface area (TPSA) is 40.2 Å². The van der Waals surface area contributed by atoms with Gasteiger partial charge in [-0.05, 0) is 14.1 Å². The van der Waals surface area contributed by atoms with Crippen molar-refractivity contribution in [3.63, 3.8) is 0 Å². The van der Waals surface area contributed by atoms with Gasteiger partial charge in [0.05, 0.1) is 14.2 Å². The first-order chi connectivity index (χ1) is 5.06. The number of hydrogen-bond acceptors (Lipinski definition) is 5. The molecule has 0 radical (unpaired) electrons. The lowest BCUT2D eigenvalue weighted by atomic mass is 10.5. The Labute approximate surface area is 66.6 Å². The molecular formula is C6H15NO4. The molecule has 5 nitrogen and oxygen atoms in total. The molecule has 0 bridgehead atoms. The van der Waals surface area contributed by atoms with Crippen LogP contribution in [-0.2, 0) is 19.6 Å². The summed E-state index contributed by atoms with van der Waals surface area (Å²) >= 11 is 0. The molecule has 0 aliphatic carbocycles. The Morgan fingerprint density at radius 2 is 1.36 bits per heavy atom. The maximum atomic E-state index is 4.81. The van der Waals surface area contributed by atoms with Crippen molar-refractivity contribution in [3.05, 3.63) is 0 Å². The third-order valence-corrected chi connectivity index (χ3v) is 1.29. The standard InChI is InChI=1S/C6H15NO4/c1-6(7(2)3,10-8-4)11-9-5/h1-5H3. The normalized spacial score (nSPS) is 12.5. The zero-order valence-electron chi connectivity index (χ0n) is 7.58. The molecule has 0 amide bonds. The highest BCUT2D eigenvalue weighted by molar-refractivity contribution is 4.52. The van der Waals surface area contributed by atoms with Gasteiger partial charge in [-0.15, -0.1) is 0 Å². The molecule has 68 valence electrons. The highest BCUT2D eigenvalue weighted by atomic mass is 17.3. The fraction of sp³-hybridized carbons (Fsp3) is 1.00. The molecule has 0 saturated heterocycles.